The summed E-state index contributed by atoms with van der Waals surface area (Å²) in [6, 6.07) is -1.53. The molecule has 0 aromatic rings. The Balaban J connectivity index is 4.34. The third kappa shape index (κ3) is 45.7. The molecule has 0 saturated carbocycles. The average molecular weight is 922 g/mol. The largest absolute Gasteiger partial charge is 0.480 e. The number of carboxylic acid groups (broad SMARTS) is 1. The SMILES string of the molecule is CCCCC/C=C\C/C=C\C/C=C\C/C=C\C/C=C\CCC(=O)O[C@H](COC(=O)CCCCCCCCCCCCCCCCCCCCCCC)COP(=O)(O)OC[C@H](N)C(=O)O. The van der Waals surface area contributed by atoms with Gasteiger partial charge < -0.3 is 25.2 Å². The molecule has 370 valence electrons. The van der Waals surface area contributed by atoms with Crippen LogP contribution in [0.2, 0.25) is 0 Å². The van der Waals surface area contributed by atoms with Gasteiger partial charge in [0.05, 0.1) is 13.2 Å². The number of carbonyl (C=O) groups excluding carboxylic acids is 2. The number of carboxylic acids is 1. The van der Waals surface area contributed by atoms with E-state index in [1.807, 2.05) is 12.2 Å². The van der Waals surface area contributed by atoms with Crippen molar-refractivity contribution in [2.45, 2.75) is 231 Å². The van der Waals surface area contributed by atoms with Crippen LogP contribution in [0.1, 0.15) is 219 Å². The number of ether oxygens (including phenoxy) is 2. The lowest BCUT2D eigenvalue weighted by Gasteiger charge is -2.20. The highest BCUT2D eigenvalue weighted by molar-refractivity contribution is 7.47. The standard InChI is InChI=1S/C52H92NO10P/c1-3-5-7-9-11-13-15-17-19-21-23-24-26-27-29-31-33-35-37-39-41-43-50(54)60-45-48(46-61-64(58,59)62-47-49(53)52(56)57)63-51(55)44-42-40-38-36-34-32-30-28-25-22-20-18-16-14-12-10-8-6-4-2/h12,14,18,20,25,28,32,34,38,40,48-49H,3-11,13,15-17,19,21-24,26-27,29-31,33,35-37,39,41-47,53H2,1-2H3,(H,56,57)(H,58,59)/b14-12-,20-18-,28-25-,34-32-,40-38-/t48-,49+/m1/s1. The van der Waals surface area contributed by atoms with Gasteiger partial charge in [0.2, 0.25) is 0 Å². The second-order valence-corrected chi connectivity index (χ2v) is 18.4. The van der Waals surface area contributed by atoms with E-state index in [-0.39, 0.29) is 19.4 Å². The Kier molecular flexibility index (Phi) is 44.6. The number of rotatable bonds is 47. The molecule has 1 unspecified atom stereocenters. The quantitative estimate of drug-likeness (QED) is 0.0230. The van der Waals surface area contributed by atoms with Crippen LogP contribution in [0.15, 0.2) is 60.8 Å². The fourth-order valence-electron chi connectivity index (χ4n) is 6.81. The van der Waals surface area contributed by atoms with Crippen molar-refractivity contribution in [3.63, 3.8) is 0 Å². The molecule has 64 heavy (non-hydrogen) atoms. The monoisotopic (exact) mass is 922 g/mol. The normalized spacial score (nSPS) is 14.1. The van der Waals surface area contributed by atoms with Gasteiger partial charge in [-0.3, -0.25) is 23.4 Å². The maximum Gasteiger partial charge on any atom is 0.472 e. The minimum absolute atomic E-state index is 0.0375. The van der Waals surface area contributed by atoms with Crippen molar-refractivity contribution in [1.29, 1.82) is 0 Å². The Bertz CT molecular complexity index is 1310. The van der Waals surface area contributed by atoms with E-state index in [2.05, 4.69) is 67.0 Å². The first-order valence-electron chi connectivity index (χ1n) is 25.3. The first-order chi connectivity index (χ1) is 31.1. The second-order valence-electron chi connectivity index (χ2n) is 17.0. The van der Waals surface area contributed by atoms with Crippen LogP contribution in [0, 0.1) is 0 Å². The summed E-state index contributed by atoms with van der Waals surface area (Å²) in [5.41, 5.74) is 5.34. The van der Waals surface area contributed by atoms with E-state index in [9.17, 15) is 23.8 Å². The summed E-state index contributed by atoms with van der Waals surface area (Å²) in [7, 11) is -4.74. The summed E-state index contributed by atoms with van der Waals surface area (Å²) in [6.45, 7) is 2.73. The fraction of sp³-hybridized carbons (Fsp3) is 0.750. The third-order valence-corrected chi connectivity index (χ3v) is 11.7. The van der Waals surface area contributed by atoms with E-state index < -0.39 is 51.1 Å². The molecule has 0 aliphatic heterocycles. The summed E-state index contributed by atoms with van der Waals surface area (Å²) in [5, 5.41) is 8.91. The molecular formula is C52H92NO10P. The van der Waals surface area contributed by atoms with Gasteiger partial charge in [0, 0.05) is 12.8 Å². The average Bonchev–Trinajstić information content (AvgIpc) is 3.27. The summed E-state index contributed by atoms with van der Waals surface area (Å²) >= 11 is 0. The van der Waals surface area contributed by atoms with Gasteiger partial charge in [-0.05, 0) is 51.4 Å². The molecule has 12 heteroatoms. The molecule has 4 N–H and O–H groups in total. The summed E-state index contributed by atoms with van der Waals surface area (Å²) < 4.78 is 32.7. The van der Waals surface area contributed by atoms with Gasteiger partial charge in [-0.15, -0.1) is 0 Å². The van der Waals surface area contributed by atoms with Crippen LogP contribution in [0.4, 0.5) is 0 Å². The zero-order valence-electron chi connectivity index (χ0n) is 40.4. The second kappa shape index (κ2) is 46.7. The highest BCUT2D eigenvalue weighted by Crippen LogP contribution is 2.43. The number of phosphoric ester groups is 1. The maximum atomic E-state index is 12.6. The lowest BCUT2D eigenvalue weighted by molar-refractivity contribution is -0.161. The van der Waals surface area contributed by atoms with Gasteiger partial charge in [0.15, 0.2) is 6.10 Å². The highest BCUT2D eigenvalue weighted by atomic mass is 31.2. The van der Waals surface area contributed by atoms with E-state index in [1.54, 1.807) is 0 Å². The van der Waals surface area contributed by atoms with E-state index in [1.165, 1.54) is 128 Å². The van der Waals surface area contributed by atoms with Crippen LogP contribution in [-0.2, 0) is 37.5 Å². The Morgan fingerprint density at radius 3 is 1.30 bits per heavy atom. The molecule has 0 saturated heterocycles. The lowest BCUT2D eigenvalue weighted by atomic mass is 10.0. The van der Waals surface area contributed by atoms with Crippen LogP contribution >= 0.6 is 7.82 Å². The van der Waals surface area contributed by atoms with Crippen LogP contribution in [0.3, 0.4) is 0 Å². The van der Waals surface area contributed by atoms with Crippen molar-refractivity contribution >= 4 is 25.7 Å². The predicted molar refractivity (Wildman–Crippen MR) is 263 cm³/mol. The Morgan fingerprint density at radius 2 is 0.859 bits per heavy atom. The van der Waals surface area contributed by atoms with Gasteiger partial charge in [0.25, 0.3) is 0 Å². The molecule has 0 radical (unpaired) electrons. The summed E-state index contributed by atoms with van der Waals surface area (Å²) in [6.07, 6.45) is 55.9. The third-order valence-electron chi connectivity index (χ3n) is 10.8. The molecule has 3 atom stereocenters. The van der Waals surface area contributed by atoms with Crippen LogP contribution in [0.5, 0.6) is 0 Å². The number of aliphatic carboxylic acids is 1. The number of hydrogen-bond acceptors (Lipinski definition) is 9. The molecule has 11 nitrogen and oxygen atoms in total. The predicted octanol–water partition coefficient (Wildman–Crippen LogP) is 14.3. The number of carbonyl (C=O) groups is 3. The van der Waals surface area contributed by atoms with E-state index in [0.717, 1.165) is 51.4 Å². The van der Waals surface area contributed by atoms with Crippen molar-refractivity contribution in [1.82, 2.24) is 0 Å². The number of nitrogens with two attached hydrogens (primary N) is 1. The Hall–Kier alpha value is -2.82. The number of phosphoric acid groups is 1. The van der Waals surface area contributed by atoms with Gasteiger partial charge >= 0.3 is 25.7 Å². The summed E-state index contributed by atoms with van der Waals surface area (Å²) in [4.78, 5) is 46.1. The van der Waals surface area contributed by atoms with Gasteiger partial charge in [-0.1, -0.05) is 216 Å². The van der Waals surface area contributed by atoms with Crippen molar-refractivity contribution in [3.05, 3.63) is 60.8 Å². The number of allylic oxidation sites excluding steroid dienone is 10. The molecule has 0 aromatic carbocycles. The van der Waals surface area contributed by atoms with E-state index in [0.29, 0.717) is 12.8 Å². The summed E-state index contributed by atoms with van der Waals surface area (Å²) in [5.74, 6) is -2.48. The van der Waals surface area contributed by atoms with Gasteiger partial charge in [0.1, 0.15) is 12.6 Å². The minimum atomic E-state index is -4.74. The topological polar surface area (TPSA) is 172 Å². The van der Waals surface area contributed by atoms with Crippen molar-refractivity contribution in [3.8, 4) is 0 Å². The van der Waals surface area contributed by atoms with Crippen molar-refractivity contribution < 1.29 is 47.5 Å². The molecule has 0 bridgehead atoms. The molecule has 0 spiro atoms. The first kappa shape index (κ1) is 61.2. The molecule has 0 aromatic heterocycles. The molecule has 0 fully saturated rings. The highest BCUT2D eigenvalue weighted by Gasteiger charge is 2.28. The van der Waals surface area contributed by atoms with Crippen molar-refractivity contribution in [2.75, 3.05) is 19.8 Å². The van der Waals surface area contributed by atoms with E-state index in [4.69, 9.17) is 24.8 Å². The van der Waals surface area contributed by atoms with E-state index >= 15 is 0 Å². The van der Waals surface area contributed by atoms with Gasteiger partial charge in [-0.2, -0.15) is 0 Å². The van der Waals surface area contributed by atoms with Gasteiger partial charge in [-0.25, -0.2) is 4.57 Å². The maximum absolute atomic E-state index is 12.6. The van der Waals surface area contributed by atoms with Crippen molar-refractivity contribution in [2.24, 2.45) is 5.73 Å². The molecule has 0 rings (SSSR count). The van der Waals surface area contributed by atoms with Crippen LogP contribution in [0.25, 0.3) is 0 Å². The van der Waals surface area contributed by atoms with Crippen LogP contribution < -0.4 is 5.73 Å². The lowest BCUT2D eigenvalue weighted by Crippen LogP contribution is -2.34. The molecule has 0 heterocycles. The fourth-order valence-corrected chi connectivity index (χ4v) is 7.59. The Labute approximate surface area is 389 Å². The minimum Gasteiger partial charge on any atom is -0.480 e. The number of hydrogen-bond donors (Lipinski definition) is 3. The molecule has 0 amide bonds. The molecular weight excluding hydrogens is 830 g/mol. The zero-order valence-corrected chi connectivity index (χ0v) is 41.3. The molecule has 0 aliphatic rings. The number of esters is 2. The zero-order chi connectivity index (χ0) is 47.0. The number of unbranched alkanes of at least 4 members (excludes halogenated alkanes) is 23. The first-order valence-corrected chi connectivity index (χ1v) is 26.8. The Morgan fingerprint density at radius 1 is 0.484 bits per heavy atom. The van der Waals surface area contributed by atoms with Crippen LogP contribution in [-0.4, -0.2) is 59.9 Å². The smallest absolute Gasteiger partial charge is 0.472 e. The molecule has 0 aliphatic carbocycles.